The Bertz CT molecular complexity index is 1990. The highest BCUT2D eigenvalue weighted by molar-refractivity contribution is 6.24. The van der Waals surface area contributed by atoms with Crippen molar-refractivity contribution in [2.45, 2.75) is 6.54 Å². The fraction of sp³-hybridized carbons (Fsp3) is 0.0294. The summed E-state index contributed by atoms with van der Waals surface area (Å²) in [6.45, 7) is 0.0256. The molecule has 180 valence electrons. The summed E-state index contributed by atoms with van der Waals surface area (Å²) in [7, 11) is 0. The van der Waals surface area contributed by atoms with Crippen molar-refractivity contribution in [3.8, 4) is 5.75 Å². The predicted octanol–water partition coefficient (Wildman–Crippen LogP) is 7.13. The van der Waals surface area contributed by atoms with Gasteiger partial charge in [-0.15, -0.1) is 0 Å². The van der Waals surface area contributed by atoms with Crippen LogP contribution in [0.3, 0.4) is 0 Å². The van der Waals surface area contributed by atoms with Gasteiger partial charge in [-0.2, -0.15) is 4.57 Å². The van der Waals surface area contributed by atoms with E-state index in [1.807, 2.05) is 66.7 Å². The molecule has 7 rings (SSSR count). The van der Waals surface area contributed by atoms with Crippen LogP contribution in [0, 0.1) is 0 Å². The Kier molecular flexibility index (Phi) is 5.12. The monoisotopic (exact) mass is 492 g/mol. The summed E-state index contributed by atoms with van der Waals surface area (Å²) >= 11 is 0. The van der Waals surface area contributed by atoms with E-state index in [9.17, 15) is 9.59 Å². The number of benzene rings is 6. The minimum Gasteiger partial charge on any atom is -0.418 e. The molecule has 4 heteroatoms. The Morgan fingerprint density at radius 1 is 0.579 bits per heavy atom. The van der Waals surface area contributed by atoms with Gasteiger partial charge in [0.05, 0.1) is 5.39 Å². The SMILES string of the molecule is O=C(C[n+]1ccc2ccccc2c1C(=O)Oc1ccc2ccc3cccc4ccc1c2c34)c1ccccc1. The van der Waals surface area contributed by atoms with Gasteiger partial charge in [0.25, 0.3) is 5.69 Å². The van der Waals surface area contributed by atoms with Gasteiger partial charge in [0.15, 0.2) is 6.20 Å². The number of nitrogens with zero attached hydrogens (tertiary/aromatic N) is 1. The van der Waals surface area contributed by atoms with Crippen LogP contribution in [0.25, 0.3) is 43.1 Å². The molecule has 38 heavy (non-hydrogen) atoms. The van der Waals surface area contributed by atoms with Gasteiger partial charge in [-0.3, -0.25) is 4.79 Å². The standard InChI is InChI=1S/C34H22NO3/c36-29(23-8-2-1-3-9-23)21-35-20-19-22-7-4-5-12-27(22)33(35)34(37)38-30-18-16-26-14-13-24-10-6-11-25-15-17-28(30)32(26)31(24)25/h1-20H,21H2/q+1. The largest absolute Gasteiger partial charge is 0.418 e. The molecule has 0 saturated heterocycles. The van der Waals surface area contributed by atoms with Gasteiger partial charge in [-0.25, -0.2) is 4.79 Å². The maximum atomic E-state index is 13.9. The van der Waals surface area contributed by atoms with Crippen LogP contribution in [0.1, 0.15) is 20.8 Å². The zero-order valence-corrected chi connectivity index (χ0v) is 20.4. The molecule has 0 N–H and O–H groups in total. The minimum atomic E-state index is -0.502. The third-order valence-corrected chi connectivity index (χ3v) is 7.23. The Balaban J connectivity index is 1.35. The molecule has 0 unspecified atom stereocenters. The number of carbonyl (C=O) groups is 2. The van der Waals surface area contributed by atoms with Gasteiger partial charge in [-0.1, -0.05) is 91.0 Å². The highest BCUT2D eigenvalue weighted by atomic mass is 16.5. The van der Waals surface area contributed by atoms with Gasteiger partial charge in [-0.05, 0) is 45.1 Å². The van der Waals surface area contributed by atoms with Crippen molar-refractivity contribution >= 4 is 54.8 Å². The van der Waals surface area contributed by atoms with Gasteiger partial charge >= 0.3 is 5.97 Å². The Morgan fingerprint density at radius 3 is 2.05 bits per heavy atom. The lowest BCUT2D eigenvalue weighted by molar-refractivity contribution is -0.684. The van der Waals surface area contributed by atoms with Gasteiger partial charge in [0.1, 0.15) is 5.75 Å². The lowest BCUT2D eigenvalue weighted by Crippen LogP contribution is -2.44. The van der Waals surface area contributed by atoms with Crippen LogP contribution in [0.15, 0.2) is 121 Å². The summed E-state index contributed by atoms with van der Waals surface area (Å²) in [5, 5.41) is 8.15. The number of aromatic nitrogens is 1. The fourth-order valence-electron chi connectivity index (χ4n) is 5.43. The number of ketones is 1. The topological polar surface area (TPSA) is 47.2 Å². The number of hydrogen-bond acceptors (Lipinski definition) is 3. The smallest absolute Gasteiger partial charge is 0.409 e. The first kappa shape index (κ1) is 22.1. The minimum absolute atomic E-state index is 0.0256. The predicted molar refractivity (Wildman–Crippen MR) is 150 cm³/mol. The van der Waals surface area contributed by atoms with E-state index in [1.54, 1.807) is 22.9 Å². The molecule has 0 saturated carbocycles. The normalized spacial score (nSPS) is 11.5. The number of Topliss-reactive ketones (excluding diaryl/α,β-unsaturated/α-hetero) is 1. The van der Waals surface area contributed by atoms with Crippen LogP contribution >= 0.6 is 0 Å². The van der Waals surface area contributed by atoms with Crippen LogP contribution in [-0.4, -0.2) is 11.8 Å². The Hall–Kier alpha value is -5.09. The molecule has 7 aromatic rings. The van der Waals surface area contributed by atoms with E-state index < -0.39 is 5.97 Å². The Morgan fingerprint density at radius 2 is 1.24 bits per heavy atom. The molecule has 0 radical (unpaired) electrons. The van der Waals surface area contributed by atoms with Crippen molar-refractivity contribution < 1.29 is 18.9 Å². The molecule has 4 nitrogen and oxygen atoms in total. The molecule has 0 aliphatic rings. The number of hydrogen-bond donors (Lipinski definition) is 0. The van der Waals surface area contributed by atoms with E-state index in [1.165, 1.54) is 0 Å². The molecule has 1 heterocycles. The van der Waals surface area contributed by atoms with Crippen LogP contribution in [0.2, 0.25) is 0 Å². The Labute approximate surface area is 218 Å². The number of carbonyl (C=O) groups excluding carboxylic acids is 2. The third-order valence-electron chi connectivity index (χ3n) is 7.23. The highest BCUT2D eigenvalue weighted by Crippen LogP contribution is 2.38. The highest BCUT2D eigenvalue weighted by Gasteiger charge is 2.28. The van der Waals surface area contributed by atoms with Crippen molar-refractivity contribution in [2.24, 2.45) is 0 Å². The van der Waals surface area contributed by atoms with Crippen LogP contribution in [0.5, 0.6) is 5.75 Å². The summed E-state index contributed by atoms with van der Waals surface area (Å²) in [6.07, 6.45) is 1.78. The lowest BCUT2D eigenvalue weighted by Gasteiger charge is -2.14. The van der Waals surface area contributed by atoms with E-state index in [-0.39, 0.29) is 12.3 Å². The van der Waals surface area contributed by atoms with Crippen molar-refractivity contribution in [1.82, 2.24) is 0 Å². The molecule has 0 atom stereocenters. The second kappa shape index (κ2) is 8.79. The van der Waals surface area contributed by atoms with Gasteiger partial charge in [0, 0.05) is 22.4 Å². The summed E-state index contributed by atoms with van der Waals surface area (Å²) in [6, 6.07) is 37.1. The maximum Gasteiger partial charge on any atom is 0.409 e. The number of rotatable bonds is 5. The van der Waals surface area contributed by atoms with Crippen LogP contribution < -0.4 is 9.30 Å². The summed E-state index contributed by atoms with van der Waals surface area (Å²) in [4.78, 5) is 27.0. The zero-order valence-electron chi connectivity index (χ0n) is 20.4. The number of ether oxygens (including phenoxy) is 1. The number of fused-ring (bicyclic) bond motifs is 1. The molecule has 1 aromatic heterocycles. The van der Waals surface area contributed by atoms with Crippen molar-refractivity contribution in [2.75, 3.05) is 0 Å². The van der Waals surface area contributed by atoms with Crippen molar-refractivity contribution in [1.29, 1.82) is 0 Å². The number of esters is 1. The molecule has 0 amide bonds. The molecule has 0 spiro atoms. The second-order valence-electron chi connectivity index (χ2n) is 9.48. The first-order chi connectivity index (χ1) is 18.7. The zero-order chi connectivity index (χ0) is 25.6. The summed E-state index contributed by atoms with van der Waals surface area (Å²) in [5.74, 6) is -0.0880. The van der Waals surface area contributed by atoms with E-state index in [4.69, 9.17) is 4.74 Å². The van der Waals surface area contributed by atoms with E-state index in [0.29, 0.717) is 17.0 Å². The summed E-state index contributed by atoms with van der Waals surface area (Å²) in [5.41, 5.74) is 0.942. The van der Waals surface area contributed by atoms with E-state index >= 15 is 0 Å². The molecule has 0 aliphatic heterocycles. The average molecular weight is 493 g/mol. The first-order valence-corrected chi connectivity index (χ1v) is 12.6. The van der Waals surface area contributed by atoms with Gasteiger partial charge < -0.3 is 4.74 Å². The molecule has 6 aromatic carbocycles. The molecule has 0 bridgehead atoms. The molecular formula is C34H22NO3+. The van der Waals surface area contributed by atoms with Crippen LogP contribution in [0.4, 0.5) is 0 Å². The van der Waals surface area contributed by atoms with Crippen LogP contribution in [-0.2, 0) is 6.54 Å². The second-order valence-corrected chi connectivity index (χ2v) is 9.48. The fourth-order valence-corrected chi connectivity index (χ4v) is 5.43. The molecule has 0 fully saturated rings. The average Bonchev–Trinajstić information content (AvgIpc) is 2.97. The summed E-state index contributed by atoms with van der Waals surface area (Å²) < 4.78 is 7.81. The maximum absolute atomic E-state index is 13.9. The molecular weight excluding hydrogens is 470 g/mol. The van der Waals surface area contributed by atoms with E-state index in [0.717, 1.165) is 43.1 Å². The quantitative estimate of drug-likeness (QED) is 0.0845. The lowest BCUT2D eigenvalue weighted by atomic mass is 9.94. The number of pyridine rings is 1. The van der Waals surface area contributed by atoms with Gasteiger partial charge in [0.2, 0.25) is 12.3 Å². The first-order valence-electron chi connectivity index (χ1n) is 12.6. The third kappa shape index (κ3) is 3.58. The van der Waals surface area contributed by atoms with Crippen molar-refractivity contribution in [3.63, 3.8) is 0 Å². The van der Waals surface area contributed by atoms with E-state index in [2.05, 4.69) is 36.4 Å². The molecule has 0 aliphatic carbocycles. The van der Waals surface area contributed by atoms with Crippen molar-refractivity contribution in [3.05, 3.63) is 133 Å².